The summed E-state index contributed by atoms with van der Waals surface area (Å²) in [6, 6.07) is 18.4. The molecule has 0 radical (unpaired) electrons. The molecule has 2 aromatic rings. The molecule has 7 heteroatoms. The highest BCUT2D eigenvalue weighted by Crippen LogP contribution is 2.20. The standard InChI is InChI=1S/C25H35N3O3.HI/c1-26-25(28-15-13-23(14-16-28)30-18-8-17-29-2)27-19-22-11-6-7-12-24(22)31-20-21-9-4-3-5-10-21;/h3-7,9-12,23H,8,13-20H2,1-2H3,(H,26,27);1H. The van der Waals surface area contributed by atoms with Gasteiger partial charge in [0.15, 0.2) is 5.96 Å². The predicted molar refractivity (Wildman–Crippen MR) is 140 cm³/mol. The van der Waals surface area contributed by atoms with Gasteiger partial charge in [-0.25, -0.2) is 0 Å². The van der Waals surface area contributed by atoms with Crippen molar-refractivity contribution >= 4 is 29.9 Å². The van der Waals surface area contributed by atoms with Crippen LogP contribution in [0.1, 0.15) is 30.4 Å². The van der Waals surface area contributed by atoms with Crippen LogP contribution in [-0.2, 0) is 22.6 Å². The molecule has 1 heterocycles. The van der Waals surface area contributed by atoms with Crippen molar-refractivity contribution in [3.63, 3.8) is 0 Å². The number of benzene rings is 2. The van der Waals surface area contributed by atoms with Gasteiger partial charge in [-0.2, -0.15) is 0 Å². The van der Waals surface area contributed by atoms with Gasteiger partial charge in [0.25, 0.3) is 0 Å². The Bertz CT molecular complexity index is 796. The number of likely N-dealkylation sites (tertiary alicyclic amines) is 1. The first-order valence-electron chi connectivity index (χ1n) is 11.1. The van der Waals surface area contributed by atoms with Gasteiger partial charge in [0.2, 0.25) is 0 Å². The molecule has 1 saturated heterocycles. The number of hydrogen-bond acceptors (Lipinski definition) is 4. The third-order valence-corrected chi connectivity index (χ3v) is 5.45. The summed E-state index contributed by atoms with van der Waals surface area (Å²) in [6.07, 6.45) is 3.32. The molecule has 176 valence electrons. The Kier molecular flexibility index (Phi) is 12.4. The molecule has 2 aromatic carbocycles. The first kappa shape index (κ1) is 26.4. The van der Waals surface area contributed by atoms with Crippen LogP contribution >= 0.6 is 24.0 Å². The summed E-state index contributed by atoms with van der Waals surface area (Å²) < 4.78 is 17.1. The van der Waals surface area contributed by atoms with Crippen LogP contribution < -0.4 is 10.1 Å². The first-order chi connectivity index (χ1) is 15.3. The average Bonchev–Trinajstić information content (AvgIpc) is 2.83. The first-order valence-corrected chi connectivity index (χ1v) is 11.1. The molecule has 1 aliphatic rings. The molecule has 0 aliphatic carbocycles. The lowest BCUT2D eigenvalue weighted by Crippen LogP contribution is -2.46. The number of para-hydroxylation sites is 1. The molecule has 6 nitrogen and oxygen atoms in total. The molecule has 1 N–H and O–H groups in total. The molecule has 0 saturated carbocycles. The van der Waals surface area contributed by atoms with Crippen LogP contribution in [0.3, 0.4) is 0 Å². The van der Waals surface area contributed by atoms with Gasteiger partial charge in [-0.15, -0.1) is 24.0 Å². The number of aliphatic imine (C=N–C) groups is 1. The van der Waals surface area contributed by atoms with Gasteiger partial charge < -0.3 is 24.4 Å². The maximum Gasteiger partial charge on any atom is 0.193 e. The third-order valence-electron chi connectivity index (χ3n) is 5.45. The summed E-state index contributed by atoms with van der Waals surface area (Å²) in [5, 5.41) is 3.51. The number of hydrogen-bond donors (Lipinski definition) is 1. The van der Waals surface area contributed by atoms with Crippen molar-refractivity contribution in [2.24, 2.45) is 4.99 Å². The van der Waals surface area contributed by atoms with E-state index in [1.165, 1.54) is 0 Å². The number of rotatable bonds is 10. The molecule has 32 heavy (non-hydrogen) atoms. The Balaban J connectivity index is 0.00000363. The van der Waals surface area contributed by atoms with Gasteiger partial charge in [0.05, 0.1) is 6.10 Å². The zero-order valence-corrected chi connectivity index (χ0v) is 21.5. The third kappa shape index (κ3) is 8.60. The van der Waals surface area contributed by atoms with Crippen LogP contribution in [0.2, 0.25) is 0 Å². The van der Waals surface area contributed by atoms with E-state index in [1.54, 1.807) is 7.11 Å². The van der Waals surface area contributed by atoms with Crippen molar-refractivity contribution in [1.29, 1.82) is 0 Å². The number of guanidine groups is 1. The van der Waals surface area contributed by atoms with E-state index in [2.05, 4.69) is 33.4 Å². The van der Waals surface area contributed by atoms with Crippen LogP contribution in [0.15, 0.2) is 59.6 Å². The van der Waals surface area contributed by atoms with E-state index in [9.17, 15) is 0 Å². The van der Waals surface area contributed by atoms with Crippen LogP contribution in [-0.4, -0.2) is 57.4 Å². The SMILES string of the molecule is CN=C(NCc1ccccc1OCc1ccccc1)N1CCC(OCCCOC)CC1.I. The van der Waals surface area contributed by atoms with E-state index in [0.717, 1.165) is 68.4 Å². The second-order valence-corrected chi connectivity index (χ2v) is 7.69. The second-order valence-electron chi connectivity index (χ2n) is 7.69. The molecular formula is C25H36IN3O3. The fourth-order valence-electron chi connectivity index (χ4n) is 3.72. The summed E-state index contributed by atoms with van der Waals surface area (Å²) in [5.41, 5.74) is 2.28. The van der Waals surface area contributed by atoms with Crippen LogP contribution in [0, 0.1) is 0 Å². The highest BCUT2D eigenvalue weighted by Gasteiger charge is 2.22. The molecule has 3 rings (SSSR count). The lowest BCUT2D eigenvalue weighted by Gasteiger charge is -2.34. The molecule has 0 atom stereocenters. The lowest BCUT2D eigenvalue weighted by molar-refractivity contribution is 0.00989. The summed E-state index contributed by atoms with van der Waals surface area (Å²) in [5.74, 6) is 1.83. The number of halogens is 1. The normalized spacial score (nSPS) is 14.7. The predicted octanol–water partition coefficient (Wildman–Crippen LogP) is 4.48. The summed E-state index contributed by atoms with van der Waals surface area (Å²) >= 11 is 0. The molecule has 0 aromatic heterocycles. The monoisotopic (exact) mass is 553 g/mol. The number of nitrogens with one attached hydrogen (secondary N) is 1. The summed E-state index contributed by atoms with van der Waals surface area (Å²) in [7, 11) is 3.57. The minimum Gasteiger partial charge on any atom is -0.489 e. The Hall–Kier alpha value is -1.84. The lowest BCUT2D eigenvalue weighted by atomic mass is 10.1. The Labute approximate surface area is 209 Å². The highest BCUT2D eigenvalue weighted by molar-refractivity contribution is 14.0. The fraction of sp³-hybridized carbons (Fsp3) is 0.480. The highest BCUT2D eigenvalue weighted by atomic mass is 127. The molecule has 1 fully saturated rings. The number of methoxy groups -OCH3 is 1. The molecule has 0 spiro atoms. The minimum atomic E-state index is 0. The van der Waals surface area contributed by atoms with E-state index in [-0.39, 0.29) is 24.0 Å². The van der Waals surface area contributed by atoms with Crippen LogP contribution in [0.5, 0.6) is 5.75 Å². The second kappa shape index (κ2) is 15.1. The quantitative estimate of drug-likeness (QED) is 0.204. The van der Waals surface area contributed by atoms with Crippen LogP contribution in [0.25, 0.3) is 0 Å². The molecule has 0 unspecified atom stereocenters. The van der Waals surface area contributed by atoms with Gasteiger partial charge in [-0.3, -0.25) is 4.99 Å². The van der Waals surface area contributed by atoms with Crippen molar-refractivity contribution < 1.29 is 14.2 Å². The van der Waals surface area contributed by atoms with E-state index in [4.69, 9.17) is 14.2 Å². The smallest absolute Gasteiger partial charge is 0.193 e. The van der Waals surface area contributed by atoms with Gasteiger partial charge in [0.1, 0.15) is 12.4 Å². The Morgan fingerprint density at radius 3 is 2.47 bits per heavy atom. The van der Waals surface area contributed by atoms with E-state index in [1.807, 2.05) is 43.4 Å². The zero-order chi connectivity index (χ0) is 21.7. The Morgan fingerprint density at radius 2 is 1.75 bits per heavy atom. The van der Waals surface area contributed by atoms with Crippen molar-refractivity contribution in [2.45, 2.75) is 38.5 Å². The van der Waals surface area contributed by atoms with Crippen LogP contribution in [0.4, 0.5) is 0 Å². The minimum absolute atomic E-state index is 0. The molecule has 0 amide bonds. The number of ether oxygens (including phenoxy) is 3. The van der Waals surface area contributed by atoms with Gasteiger partial charge >= 0.3 is 0 Å². The largest absolute Gasteiger partial charge is 0.489 e. The molecule has 0 bridgehead atoms. The maximum atomic E-state index is 6.08. The average molecular weight is 553 g/mol. The van der Waals surface area contributed by atoms with Crippen molar-refractivity contribution in [3.8, 4) is 5.75 Å². The van der Waals surface area contributed by atoms with E-state index < -0.39 is 0 Å². The topological polar surface area (TPSA) is 55.3 Å². The zero-order valence-electron chi connectivity index (χ0n) is 19.2. The fourth-order valence-corrected chi connectivity index (χ4v) is 3.72. The van der Waals surface area contributed by atoms with E-state index in [0.29, 0.717) is 19.3 Å². The van der Waals surface area contributed by atoms with Crippen molar-refractivity contribution in [2.75, 3.05) is 40.5 Å². The van der Waals surface area contributed by atoms with E-state index >= 15 is 0 Å². The number of piperidine rings is 1. The molecular weight excluding hydrogens is 517 g/mol. The molecule has 1 aliphatic heterocycles. The maximum absolute atomic E-state index is 6.08. The summed E-state index contributed by atoms with van der Waals surface area (Å²) in [4.78, 5) is 6.80. The number of nitrogens with zero attached hydrogens (tertiary/aromatic N) is 2. The van der Waals surface area contributed by atoms with Crippen molar-refractivity contribution in [3.05, 3.63) is 65.7 Å². The van der Waals surface area contributed by atoms with Crippen molar-refractivity contribution in [1.82, 2.24) is 10.2 Å². The summed E-state index contributed by atoms with van der Waals surface area (Å²) in [6.45, 7) is 4.65. The van der Waals surface area contributed by atoms with Gasteiger partial charge in [0, 0.05) is 52.6 Å². The Morgan fingerprint density at radius 1 is 1.03 bits per heavy atom. The van der Waals surface area contributed by atoms with Gasteiger partial charge in [-0.05, 0) is 30.9 Å². The van der Waals surface area contributed by atoms with Gasteiger partial charge in [-0.1, -0.05) is 48.5 Å².